The Hall–Kier alpha value is -4.06. The molecule has 10 nitrogen and oxygen atoms in total. The first-order chi connectivity index (χ1) is 16.5. The summed E-state index contributed by atoms with van der Waals surface area (Å²) < 4.78 is 24.3. The highest BCUT2D eigenvalue weighted by Gasteiger charge is 2.42. The first-order valence-electron chi connectivity index (χ1n) is 10.5. The topological polar surface area (TPSA) is 128 Å². The van der Waals surface area contributed by atoms with Crippen molar-refractivity contribution in [2.24, 2.45) is 0 Å². The standard InChI is InChI=1S/C22H18BFN6O4/c23-15-12-14(6-7-16(15)24)30-19(29-33-21(30)32)17-18(28-34-27-17)26-20(31)22(8-10-25-11-9-22)13-4-2-1-3-5-13/h1-7,12,25H,8-11H2,(H,26,28,31). The van der Waals surface area contributed by atoms with E-state index < -0.39 is 17.0 Å². The zero-order valence-corrected chi connectivity index (χ0v) is 17.8. The Balaban J connectivity index is 1.52. The average molecular weight is 460 g/mol. The van der Waals surface area contributed by atoms with Gasteiger partial charge < -0.3 is 10.6 Å². The number of nitrogens with zero attached hydrogens (tertiary/aromatic N) is 4. The highest BCUT2D eigenvalue weighted by molar-refractivity contribution is 6.32. The third kappa shape index (κ3) is 3.71. The van der Waals surface area contributed by atoms with Gasteiger partial charge in [0.15, 0.2) is 5.69 Å². The quantitative estimate of drug-likeness (QED) is 0.424. The number of amides is 1. The van der Waals surface area contributed by atoms with Gasteiger partial charge in [0.2, 0.25) is 17.5 Å². The van der Waals surface area contributed by atoms with Crippen LogP contribution in [0.15, 0.2) is 62.5 Å². The second kappa shape index (κ2) is 8.71. The third-order valence-electron chi connectivity index (χ3n) is 5.99. The zero-order valence-electron chi connectivity index (χ0n) is 17.8. The van der Waals surface area contributed by atoms with Crippen LogP contribution in [0.3, 0.4) is 0 Å². The average Bonchev–Trinajstić information content (AvgIpc) is 3.47. The number of aromatic nitrogens is 4. The van der Waals surface area contributed by atoms with E-state index >= 15 is 0 Å². The van der Waals surface area contributed by atoms with E-state index in [9.17, 15) is 14.0 Å². The molecule has 0 aliphatic carbocycles. The van der Waals surface area contributed by atoms with Crippen molar-refractivity contribution in [3.8, 4) is 17.2 Å². The van der Waals surface area contributed by atoms with Crippen LogP contribution in [0.5, 0.6) is 0 Å². The molecule has 170 valence electrons. The molecule has 2 aromatic carbocycles. The van der Waals surface area contributed by atoms with E-state index in [0.717, 1.165) is 16.2 Å². The van der Waals surface area contributed by atoms with E-state index in [1.54, 1.807) is 0 Å². The molecule has 2 N–H and O–H groups in total. The largest absolute Gasteiger partial charge is 0.446 e. The molecule has 1 saturated heterocycles. The Bertz CT molecular complexity index is 1390. The van der Waals surface area contributed by atoms with Crippen molar-refractivity contribution >= 4 is 25.0 Å². The molecule has 3 heterocycles. The lowest BCUT2D eigenvalue weighted by Gasteiger charge is -2.36. The van der Waals surface area contributed by atoms with E-state index in [1.807, 2.05) is 30.3 Å². The van der Waals surface area contributed by atoms with Gasteiger partial charge in [-0.05, 0) is 60.0 Å². The number of rotatable bonds is 5. The van der Waals surface area contributed by atoms with Gasteiger partial charge in [-0.1, -0.05) is 41.0 Å². The summed E-state index contributed by atoms with van der Waals surface area (Å²) >= 11 is 0. The van der Waals surface area contributed by atoms with Crippen molar-refractivity contribution in [3.63, 3.8) is 0 Å². The molecule has 2 radical (unpaired) electrons. The smallest absolute Gasteiger partial charge is 0.317 e. The molecule has 0 bridgehead atoms. The summed E-state index contributed by atoms with van der Waals surface area (Å²) in [5, 5.41) is 17.5. The Morgan fingerprint density at radius 3 is 2.62 bits per heavy atom. The molecule has 5 rings (SSSR count). The molecule has 34 heavy (non-hydrogen) atoms. The van der Waals surface area contributed by atoms with E-state index in [1.165, 1.54) is 12.1 Å². The van der Waals surface area contributed by atoms with Crippen LogP contribution in [-0.2, 0) is 10.2 Å². The van der Waals surface area contributed by atoms with Gasteiger partial charge in [0.25, 0.3) is 0 Å². The Labute approximate surface area is 193 Å². The number of nitrogens with one attached hydrogen (secondary N) is 2. The number of hydrogen-bond donors (Lipinski definition) is 2. The molecule has 0 atom stereocenters. The number of anilines is 1. The van der Waals surface area contributed by atoms with Crippen molar-refractivity contribution in [3.05, 3.63) is 70.5 Å². The highest BCUT2D eigenvalue weighted by Crippen LogP contribution is 2.35. The lowest BCUT2D eigenvalue weighted by molar-refractivity contribution is -0.122. The fraction of sp³-hybridized carbons (Fsp3) is 0.227. The van der Waals surface area contributed by atoms with Crippen molar-refractivity contribution in [2.45, 2.75) is 18.3 Å². The fourth-order valence-electron chi connectivity index (χ4n) is 4.20. The van der Waals surface area contributed by atoms with Crippen molar-refractivity contribution in [1.82, 2.24) is 25.4 Å². The summed E-state index contributed by atoms with van der Waals surface area (Å²) in [5.74, 6) is -1.91. The molecular weight excluding hydrogens is 442 g/mol. The molecule has 1 fully saturated rings. The van der Waals surface area contributed by atoms with Gasteiger partial charge in [-0.2, -0.15) is 0 Å². The van der Waals surface area contributed by atoms with Gasteiger partial charge in [0, 0.05) is 0 Å². The van der Waals surface area contributed by atoms with Gasteiger partial charge in [0.05, 0.1) is 11.1 Å². The molecular formula is C22H18BFN6O4. The molecule has 2 aromatic heterocycles. The summed E-state index contributed by atoms with van der Waals surface area (Å²) in [4.78, 5) is 26.0. The number of carbonyl (C=O) groups is 1. The summed E-state index contributed by atoms with van der Waals surface area (Å²) in [5.41, 5.74) is 0.0856. The molecule has 1 aliphatic heterocycles. The van der Waals surface area contributed by atoms with Crippen LogP contribution in [-0.4, -0.2) is 46.9 Å². The summed E-state index contributed by atoms with van der Waals surface area (Å²) in [7, 11) is 5.64. The number of carbonyl (C=O) groups excluding carboxylic acids is 1. The van der Waals surface area contributed by atoms with Crippen LogP contribution in [0, 0.1) is 5.82 Å². The predicted molar refractivity (Wildman–Crippen MR) is 120 cm³/mol. The van der Waals surface area contributed by atoms with Gasteiger partial charge in [-0.3, -0.25) is 9.32 Å². The lowest BCUT2D eigenvalue weighted by Crippen LogP contribution is -2.48. The van der Waals surface area contributed by atoms with Gasteiger partial charge in [-0.15, -0.1) is 0 Å². The van der Waals surface area contributed by atoms with Crippen molar-refractivity contribution in [2.75, 3.05) is 18.4 Å². The van der Waals surface area contributed by atoms with Gasteiger partial charge >= 0.3 is 5.76 Å². The first-order valence-corrected chi connectivity index (χ1v) is 10.5. The van der Waals surface area contributed by atoms with Crippen molar-refractivity contribution in [1.29, 1.82) is 0 Å². The van der Waals surface area contributed by atoms with Crippen LogP contribution in [0.25, 0.3) is 17.2 Å². The summed E-state index contributed by atoms with van der Waals surface area (Å²) in [6.07, 6.45) is 1.15. The second-order valence-corrected chi connectivity index (χ2v) is 7.93. The minimum absolute atomic E-state index is 0.0285. The van der Waals surface area contributed by atoms with E-state index in [4.69, 9.17) is 17.0 Å². The monoisotopic (exact) mass is 460 g/mol. The van der Waals surface area contributed by atoms with Crippen LogP contribution in [0.4, 0.5) is 10.2 Å². The van der Waals surface area contributed by atoms with Gasteiger partial charge in [-0.25, -0.2) is 18.4 Å². The SMILES string of the molecule is [B]c1cc(-n2c(-c3nonc3NC(=O)C3(c4ccccc4)CCNCC3)noc2=O)ccc1F. The minimum Gasteiger partial charge on any atom is -0.317 e. The maximum Gasteiger partial charge on any atom is 0.446 e. The minimum atomic E-state index is -0.861. The summed E-state index contributed by atoms with van der Waals surface area (Å²) in [6, 6.07) is 13.2. The zero-order chi connectivity index (χ0) is 23.7. The molecule has 12 heteroatoms. The molecule has 4 aromatic rings. The number of piperidine rings is 1. The fourth-order valence-corrected chi connectivity index (χ4v) is 4.20. The van der Waals surface area contributed by atoms with Crippen LogP contribution in [0.2, 0.25) is 0 Å². The maximum atomic E-state index is 13.6. The normalized spacial score (nSPS) is 15.2. The maximum absolute atomic E-state index is 13.6. The predicted octanol–water partition coefficient (Wildman–Crippen LogP) is 1.07. The molecule has 0 saturated carbocycles. The second-order valence-electron chi connectivity index (χ2n) is 7.93. The molecule has 0 spiro atoms. The Morgan fingerprint density at radius 2 is 1.88 bits per heavy atom. The summed E-state index contributed by atoms with van der Waals surface area (Å²) in [6.45, 7) is 1.34. The number of hydrogen-bond acceptors (Lipinski definition) is 8. The van der Waals surface area contributed by atoms with Crippen LogP contribution >= 0.6 is 0 Å². The lowest BCUT2D eigenvalue weighted by atomic mass is 9.72. The molecule has 1 amide bonds. The molecule has 0 unspecified atom stereocenters. The number of benzene rings is 2. The van der Waals surface area contributed by atoms with Crippen molar-refractivity contribution < 1.29 is 18.3 Å². The highest BCUT2D eigenvalue weighted by atomic mass is 19.1. The third-order valence-corrected chi connectivity index (χ3v) is 5.99. The van der Waals surface area contributed by atoms with Gasteiger partial charge in [0.1, 0.15) is 13.7 Å². The Morgan fingerprint density at radius 1 is 1.12 bits per heavy atom. The van der Waals surface area contributed by atoms with Crippen LogP contribution < -0.4 is 21.9 Å². The van der Waals surface area contributed by atoms with Crippen LogP contribution in [0.1, 0.15) is 18.4 Å². The Kier molecular flexibility index (Phi) is 5.58. The number of halogens is 1. The van der Waals surface area contributed by atoms with E-state index in [0.29, 0.717) is 25.9 Å². The molecule has 1 aliphatic rings. The van der Waals surface area contributed by atoms with E-state index in [-0.39, 0.29) is 34.4 Å². The first kappa shape index (κ1) is 21.8. The van der Waals surface area contributed by atoms with E-state index in [2.05, 4.69) is 26.1 Å².